The molecule has 9 aromatic carbocycles. The lowest BCUT2D eigenvalue weighted by molar-refractivity contribution is 0.666. The minimum absolute atomic E-state index is 0.0796. The number of fused-ring (bicyclic) bond motifs is 10. The van der Waals surface area contributed by atoms with Crippen molar-refractivity contribution in [3.05, 3.63) is 204 Å². The van der Waals surface area contributed by atoms with Gasteiger partial charge < -0.3 is 0 Å². The molecule has 11 rings (SSSR count). The van der Waals surface area contributed by atoms with E-state index < -0.39 is 0 Å². The van der Waals surface area contributed by atoms with Crippen LogP contribution in [0.5, 0.6) is 0 Å². The number of benzene rings is 9. The van der Waals surface area contributed by atoms with E-state index in [2.05, 4.69) is 190 Å². The number of hydrogen-bond acceptors (Lipinski definition) is 0. The molecule has 0 bridgehead atoms. The Morgan fingerprint density at radius 3 is 1.62 bits per heavy atom. The third-order valence-electron chi connectivity index (χ3n) is 12.1. The molecule has 1 atom stereocenters. The molecule has 0 aliphatic heterocycles. The fourth-order valence-electron chi connectivity index (χ4n) is 9.88. The van der Waals surface area contributed by atoms with Crippen molar-refractivity contribution in [2.75, 3.05) is 0 Å². The first-order chi connectivity index (χ1) is 25.6. The molecule has 244 valence electrons. The summed E-state index contributed by atoms with van der Waals surface area (Å²) in [7, 11) is 0. The Morgan fingerprint density at radius 2 is 0.923 bits per heavy atom. The summed E-state index contributed by atoms with van der Waals surface area (Å²) in [6.07, 6.45) is 0. The third-order valence-corrected chi connectivity index (χ3v) is 12.1. The Labute approximate surface area is 304 Å². The average Bonchev–Trinajstić information content (AvgIpc) is 3.65. The smallest absolute Gasteiger partial charge is 0.0352 e. The van der Waals surface area contributed by atoms with Gasteiger partial charge in [0.2, 0.25) is 0 Å². The first-order valence-electron chi connectivity index (χ1n) is 18.5. The van der Waals surface area contributed by atoms with E-state index in [1.165, 1.54) is 105 Å². The van der Waals surface area contributed by atoms with Crippen LogP contribution in [0.25, 0.3) is 76.8 Å². The Hall–Kier alpha value is -6.24. The molecule has 0 saturated heterocycles. The van der Waals surface area contributed by atoms with Crippen molar-refractivity contribution in [3.8, 4) is 44.5 Å². The van der Waals surface area contributed by atoms with E-state index in [0.717, 1.165) is 0 Å². The normalized spacial score (nSPS) is 15.1. The van der Waals surface area contributed by atoms with E-state index in [1.807, 2.05) is 0 Å². The third kappa shape index (κ3) is 4.04. The predicted octanol–water partition coefficient (Wildman–Crippen LogP) is 13.9. The van der Waals surface area contributed by atoms with E-state index in [1.54, 1.807) is 0 Å². The van der Waals surface area contributed by atoms with Gasteiger partial charge in [-0.15, -0.1) is 0 Å². The lowest BCUT2D eigenvalue weighted by atomic mass is 9.79. The van der Waals surface area contributed by atoms with Gasteiger partial charge in [0, 0.05) is 11.3 Å². The summed E-state index contributed by atoms with van der Waals surface area (Å²) in [5.41, 5.74) is 17.4. The lowest BCUT2D eigenvalue weighted by Gasteiger charge is -2.23. The van der Waals surface area contributed by atoms with E-state index in [0.29, 0.717) is 0 Å². The maximum absolute atomic E-state index is 2.47. The quantitative estimate of drug-likeness (QED) is 0.165. The summed E-state index contributed by atoms with van der Waals surface area (Å²) in [6, 6.07) is 66.0. The van der Waals surface area contributed by atoms with E-state index in [-0.39, 0.29) is 11.3 Å². The molecule has 0 N–H and O–H groups in total. The predicted molar refractivity (Wildman–Crippen MR) is 220 cm³/mol. The fourth-order valence-corrected chi connectivity index (χ4v) is 9.88. The van der Waals surface area contributed by atoms with E-state index in [9.17, 15) is 0 Å². The zero-order valence-electron chi connectivity index (χ0n) is 29.3. The Morgan fingerprint density at radius 1 is 0.385 bits per heavy atom. The van der Waals surface area contributed by atoms with Crippen LogP contribution in [0.4, 0.5) is 0 Å². The highest BCUT2D eigenvalue weighted by Crippen LogP contribution is 2.54. The van der Waals surface area contributed by atoms with Gasteiger partial charge in [-0.25, -0.2) is 0 Å². The zero-order valence-corrected chi connectivity index (χ0v) is 29.3. The maximum atomic E-state index is 2.47. The van der Waals surface area contributed by atoms with Gasteiger partial charge in [-0.1, -0.05) is 178 Å². The van der Waals surface area contributed by atoms with Crippen LogP contribution in [0.2, 0.25) is 0 Å². The minimum Gasteiger partial charge on any atom is -0.0622 e. The van der Waals surface area contributed by atoms with Crippen LogP contribution < -0.4 is 0 Å². The summed E-state index contributed by atoms with van der Waals surface area (Å²) >= 11 is 0. The summed E-state index contributed by atoms with van der Waals surface area (Å²) < 4.78 is 0. The molecule has 52 heavy (non-hydrogen) atoms. The zero-order chi connectivity index (χ0) is 34.6. The van der Waals surface area contributed by atoms with Crippen molar-refractivity contribution in [3.63, 3.8) is 0 Å². The highest BCUT2D eigenvalue weighted by Gasteiger charge is 2.37. The van der Waals surface area contributed by atoms with Crippen molar-refractivity contribution in [1.29, 1.82) is 0 Å². The monoisotopic (exact) mass is 660 g/mol. The van der Waals surface area contributed by atoms with Crippen LogP contribution in [-0.2, 0) is 5.41 Å². The summed E-state index contributed by atoms with van der Waals surface area (Å²) in [6.45, 7) is 4.78. The molecule has 0 heterocycles. The molecule has 9 aromatic rings. The van der Waals surface area contributed by atoms with Gasteiger partial charge in [-0.2, -0.15) is 0 Å². The molecule has 0 spiro atoms. The summed E-state index contributed by atoms with van der Waals surface area (Å²) in [5.74, 6) is 0.241. The molecule has 0 heteroatoms. The van der Waals surface area contributed by atoms with Crippen LogP contribution in [-0.4, -0.2) is 0 Å². The number of hydrogen-bond donors (Lipinski definition) is 0. The molecule has 2 aliphatic rings. The molecule has 0 amide bonds. The largest absolute Gasteiger partial charge is 0.0622 e. The van der Waals surface area contributed by atoms with Crippen LogP contribution in [0.3, 0.4) is 0 Å². The molecule has 0 radical (unpaired) electrons. The van der Waals surface area contributed by atoms with E-state index >= 15 is 0 Å². The van der Waals surface area contributed by atoms with E-state index in [4.69, 9.17) is 0 Å². The highest BCUT2D eigenvalue weighted by molar-refractivity contribution is 6.22. The molecule has 2 aliphatic carbocycles. The second-order valence-corrected chi connectivity index (χ2v) is 15.2. The molecular weight excluding hydrogens is 625 g/mol. The Bertz CT molecular complexity index is 2870. The van der Waals surface area contributed by atoms with Gasteiger partial charge in [-0.05, 0) is 117 Å². The molecule has 0 fully saturated rings. The summed E-state index contributed by atoms with van der Waals surface area (Å²) in [4.78, 5) is 0. The SMILES string of the molecule is CC1(C)c2ccc(-c3c4ccccc4c(-c4ccc5c(c4)-c4ccccc4C5c4ccccc4)c4ccccc34)cc2-c2ccc3ccccc3c21. The Balaban J connectivity index is 1.14. The van der Waals surface area contributed by atoms with Crippen LogP contribution in [0, 0.1) is 0 Å². The van der Waals surface area contributed by atoms with Gasteiger partial charge in [0.05, 0.1) is 0 Å². The highest BCUT2D eigenvalue weighted by atomic mass is 14.4. The fraction of sp³-hybridized carbons (Fsp3) is 0.0769. The van der Waals surface area contributed by atoms with Crippen LogP contribution >= 0.6 is 0 Å². The second kappa shape index (κ2) is 10.9. The van der Waals surface area contributed by atoms with Gasteiger partial charge in [-0.3, -0.25) is 0 Å². The van der Waals surface area contributed by atoms with Crippen molar-refractivity contribution >= 4 is 32.3 Å². The van der Waals surface area contributed by atoms with Crippen molar-refractivity contribution < 1.29 is 0 Å². The second-order valence-electron chi connectivity index (χ2n) is 15.2. The maximum Gasteiger partial charge on any atom is 0.0352 e. The van der Waals surface area contributed by atoms with Crippen LogP contribution in [0.15, 0.2) is 176 Å². The van der Waals surface area contributed by atoms with Gasteiger partial charge >= 0.3 is 0 Å². The summed E-state index contributed by atoms with van der Waals surface area (Å²) in [5, 5.41) is 7.81. The lowest BCUT2D eigenvalue weighted by Crippen LogP contribution is -2.15. The standard InChI is InChI=1S/C52H36/c1-52(2)47-29-26-35(31-46(47)44-28-24-32-14-6-7-17-36(32)51(44)52)50-41-22-12-10-20-39(41)49(40-21-11-13-23-42(40)50)34-25-27-43-45(30-34)37-18-8-9-19-38(37)48(43)33-15-4-3-5-16-33/h3-31,48H,1-2H3. The first kappa shape index (κ1) is 29.5. The minimum atomic E-state index is -0.0796. The molecule has 1 unspecified atom stereocenters. The average molecular weight is 661 g/mol. The molecule has 0 saturated carbocycles. The van der Waals surface area contributed by atoms with Gasteiger partial charge in [0.25, 0.3) is 0 Å². The molecule has 0 aromatic heterocycles. The Kier molecular flexibility index (Phi) is 6.17. The molecular formula is C52H36. The number of rotatable bonds is 3. The van der Waals surface area contributed by atoms with Crippen LogP contribution in [0.1, 0.15) is 47.6 Å². The topological polar surface area (TPSA) is 0 Å². The van der Waals surface area contributed by atoms with Gasteiger partial charge in [0.15, 0.2) is 0 Å². The first-order valence-corrected chi connectivity index (χ1v) is 18.5. The molecule has 0 nitrogen and oxygen atoms in total. The van der Waals surface area contributed by atoms with Crippen molar-refractivity contribution in [2.45, 2.75) is 25.2 Å². The van der Waals surface area contributed by atoms with Gasteiger partial charge in [0.1, 0.15) is 0 Å². The van der Waals surface area contributed by atoms with Crippen molar-refractivity contribution in [2.24, 2.45) is 0 Å². The van der Waals surface area contributed by atoms with Crippen molar-refractivity contribution in [1.82, 2.24) is 0 Å².